The molecule has 2 N–H and O–H groups in total. The summed E-state index contributed by atoms with van der Waals surface area (Å²) in [6, 6.07) is 6.73. The summed E-state index contributed by atoms with van der Waals surface area (Å²) in [6.45, 7) is 0.464. The number of fused-ring (bicyclic) bond motifs is 1. The monoisotopic (exact) mass is 410 g/mol. The summed E-state index contributed by atoms with van der Waals surface area (Å²) in [7, 11) is 0. The lowest BCUT2D eigenvalue weighted by Crippen LogP contribution is -2.34. The standard InChI is InChI=1S/C23H23FN2O4/c24-8-9-25-12-18(22-21(28)20(27)7-10-30-22)14-26-13-17-11-16(4-3-15-1-2-15)5-6-19(17)23(26)29/h5-7,10-11,15,18,25,28H,1-2,8-9,12-14H2. The van der Waals surface area contributed by atoms with Gasteiger partial charge in [-0.25, -0.2) is 4.39 Å². The average molecular weight is 410 g/mol. The van der Waals surface area contributed by atoms with E-state index in [4.69, 9.17) is 4.42 Å². The van der Waals surface area contributed by atoms with Crippen molar-refractivity contribution in [1.29, 1.82) is 0 Å². The maximum atomic E-state index is 12.9. The second-order valence-corrected chi connectivity index (χ2v) is 7.69. The summed E-state index contributed by atoms with van der Waals surface area (Å²) in [4.78, 5) is 26.4. The molecule has 0 bridgehead atoms. The van der Waals surface area contributed by atoms with Gasteiger partial charge in [-0.2, -0.15) is 0 Å². The number of alkyl halides is 1. The van der Waals surface area contributed by atoms with Crippen molar-refractivity contribution in [1.82, 2.24) is 10.2 Å². The third kappa shape index (κ3) is 4.39. The van der Waals surface area contributed by atoms with Crippen LogP contribution in [0.4, 0.5) is 4.39 Å². The van der Waals surface area contributed by atoms with Crippen molar-refractivity contribution in [3.05, 3.63) is 63.2 Å². The Hall–Kier alpha value is -3.11. The number of nitrogens with one attached hydrogen (secondary N) is 1. The minimum atomic E-state index is -0.554. The first-order valence-electron chi connectivity index (χ1n) is 10.1. The minimum Gasteiger partial charge on any atom is -0.502 e. The van der Waals surface area contributed by atoms with Crippen molar-refractivity contribution in [3.63, 3.8) is 0 Å². The Bertz CT molecular complexity index is 1060. The Morgan fingerprint density at radius 3 is 2.90 bits per heavy atom. The number of halogens is 1. The topological polar surface area (TPSA) is 82.8 Å². The average Bonchev–Trinajstić information content (AvgIpc) is 3.52. The quantitative estimate of drug-likeness (QED) is 0.541. The molecule has 1 aliphatic heterocycles. The molecule has 6 nitrogen and oxygen atoms in total. The van der Waals surface area contributed by atoms with Gasteiger partial charge in [-0.15, -0.1) is 0 Å². The summed E-state index contributed by atoms with van der Waals surface area (Å²) < 4.78 is 17.9. The molecule has 1 unspecified atom stereocenters. The zero-order chi connectivity index (χ0) is 21.1. The number of hydrogen-bond donors (Lipinski definition) is 2. The molecule has 1 aromatic carbocycles. The van der Waals surface area contributed by atoms with Crippen LogP contribution in [0, 0.1) is 17.8 Å². The normalized spacial score (nSPS) is 16.2. The summed E-state index contributed by atoms with van der Waals surface area (Å²) in [6.07, 6.45) is 3.53. The molecule has 156 valence electrons. The number of aromatic hydroxyl groups is 1. The molecule has 1 fully saturated rings. The third-order valence-electron chi connectivity index (χ3n) is 5.34. The summed E-state index contributed by atoms with van der Waals surface area (Å²) >= 11 is 0. The van der Waals surface area contributed by atoms with E-state index in [-0.39, 0.29) is 31.3 Å². The third-order valence-corrected chi connectivity index (χ3v) is 5.34. The van der Waals surface area contributed by atoms with Crippen LogP contribution in [0.2, 0.25) is 0 Å². The van der Waals surface area contributed by atoms with Crippen LogP contribution in [0.15, 0.2) is 39.7 Å². The Kier molecular flexibility index (Phi) is 5.86. The number of benzene rings is 1. The van der Waals surface area contributed by atoms with E-state index in [0.717, 1.165) is 30.0 Å². The van der Waals surface area contributed by atoms with Crippen molar-refractivity contribution >= 4 is 5.91 Å². The molecular formula is C23H23FN2O4. The van der Waals surface area contributed by atoms with Gasteiger partial charge in [0.1, 0.15) is 6.67 Å². The van der Waals surface area contributed by atoms with E-state index in [1.165, 1.54) is 6.26 Å². The van der Waals surface area contributed by atoms with Crippen LogP contribution >= 0.6 is 0 Å². The lowest BCUT2D eigenvalue weighted by molar-refractivity contribution is 0.0762. The van der Waals surface area contributed by atoms with Crippen molar-refractivity contribution in [2.24, 2.45) is 5.92 Å². The molecule has 30 heavy (non-hydrogen) atoms. The van der Waals surface area contributed by atoms with Crippen LogP contribution in [-0.2, 0) is 6.54 Å². The van der Waals surface area contributed by atoms with E-state index in [9.17, 15) is 19.1 Å². The fourth-order valence-corrected chi connectivity index (χ4v) is 3.58. The van der Waals surface area contributed by atoms with E-state index in [1.807, 2.05) is 12.1 Å². The first kappa shape index (κ1) is 20.2. The fourth-order valence-electron chi connectivity index (χ4n) is 3.58. The van der Waals surface area contributed by atoms with Crippen LogP contribution < -0.4 is 10.7 Å². The van der Waals surface area contributed by atoms with Crippen molar-refractivity contribution in [3.8, 4) is 17.6 Å². The van der Waals surface area contributed by atoms with Gasteiger partial charge in [-0.05, 0) is 36.6 Å². The van der Waals surface area contributed by atoms with Gasteiger partial charge in [-0.1, -0.05) is 11.8 Å². The van der Waals surface area contributed by atoms with Gasteiger partial charge in [0.25, 0.3) is 5.91 Å². The Balaban J connectivity index is 1.53. The highest BCUT2D eigenvalue weighted by molar-refractivity contribution is 5.98. The maximum absolute atomic E-state index is 12.9. The van der Waals surface area contributed by atoms with Crippen molar-refractivity contribution in [2.75, 3.05) is 26.3 Å². The molecule has 2 aromatic rings. The zero-order valence-electron chi connectivity index (χ0n) is 16.5. The highest BCUT2D eigenvalue weighted by Gasteiger charge is 2.31. The predicted octanol–water partition coefficient (Wildman–Crippen LogP) is 2.41. The molecule has 1 aliphatic carbocycles. The predicted molar refractivity (Wildman–Crippen MR) is 109 cm³/mol. The molecular weight excluding hydrogens is 387 g/mol. The summed E-state index contributed by atoms with van der Waals surface area (Å²) in [5.41, 5.74) is 1.86. The van der Waals surface area contributed by atoms with Crippen LogP contribution in [0.25, 0.3) is 0 Å². The van der Waals surface area contributed by atoms with Gasteiger partial charge in [0.2, 0.25) is 11.2 Å². The first-order valence-corrected chi connectivity index (χ1v) is 10.1. The number of rotatable bonds is 7. The van der Waals surface area contributed by atoms with Gasteiger partial charge in [0, 0.05) is 49.3 Å². The van der Waals surface area contributed by atoms with Crippen LogP contribution in [0.5, 0.6) is 5.75 Å². The number of amides is 1. The highest BCUT2D eigenvalue weighted by Crippen LogP contribution is 2.30. The van der Waals surface area contributed by atoms with Crippen LogP contribution in [0.1, 0.15) is 46.0 Å². The summed E-state index contributed by atoms with van der Waals surface area (Å²) in [5, 5.41) is 13.1. The van der Waals surface area contributed by atoms with Gasteiger partial charge in [-0.3, -0.25) is 9.59 Å². The van der Waals surface area contributed by atoms with Gasteiger partial charge in [0.15, 0.2) is 5.76 Å². The molecule has 7 heteroatoms. The number of carbonyl (C=O) groups excluding carboxylic acids is 1. The molecule has 0 saturated heterocycles. The van der Waals surface area contributed by atoms with Gasteiger partial charge >= 0.3 is 0 Å². The minimum absolute atomic E-state index is 0.0913. The highest BCUT2D eigenvalue weighted by atomic mass is 19.1. The molecule has 1 amide bonds. The molecule has 1 aromatic heterocycles. The van der Waals surface area contributed by atoms with Gasteiger partial charge in [0.05, 0.1) is 12.2 Å². The molecule has 0 radical (unpaired) electrons. The molecule has 2 aliphatic rings. The maximum Gasteiger partial charge on any atom is 0.254 e. The smallest absolute Gasteiger partial charge is 0.254 e. The van der Waals surface area contributed by atoms with E-state index in [1.54, 1.807) is 11.0 Å². The molecule has 4 rings (SSSR count). The Morgan fingerprint density at radius 2 is 2.13 bits per heavy atom. The van der Waals surface area contributed by atoms with Crippen molar-refractivity contribution in [2.45, 2.75) is 25.3 Å². The summed E-state index contributed by atoms with van der Waals surface area (Å²) in [5.74, 6) is 5.88. The van der Waals surface area contributed by atoms with Crippen LogP contribution in [-0.4, -0.2) is 42.2 Å². The molecule has 0 spiro atoms. The molecule has 2 heterocycles. The second kappa shape index (κ2) is 8.72. The Labute approximate surface area is 173 Å². The van der Waals surface area contributed by atoms with E-state index in [2.05, 4.69) is 17.2 Å². The second-order valence-electron chi connectivity index (χ2n) is 7.69. The molecule has 1 atom stereocenters. The zero-order valence-corrected chi connectivity index (χ0v) is 16.5. The largest absolute Gasteiger partial charge is 0.502 e. The van der Waals surface area contributed by atoms with Gasteiger partial charge < -0.3 is 19.7 Å². The number of hydrogen-bond acceptors (Lipinski definition) is 5. The molecule has 1 saturated carbocycles. The fraction of sp³-hybridized carbons (Fsp3) is 0.391. The first-order chi connectivity index (χ1) is 14.6. The SMILES string of the molecule is O=C1c2ccc(C#CC3CC3)cc2CN1CC(CNCCF)c1occc(=O)c1O. The van der Waals surface area contributed by atoms with E-state index in [0.29, 0.717) is 18.0 Å². The lowest BCUT2D eigenvalue weighted by atomic mass is 10.0. The van der Waals surface area contributed by atoms with E-state index >= 15 is 0 Å². The van der Waals surface area contributed by atoms with Crippen LogP contribution in [0.3, 0.4) is 0 Å². The number of nitrogens with zero attached hydrogens (tertiary/aromatic N) is 1. The number of carbonyl (C=O) groups is 1. The van der Waals surface area contributed by atoms with Crippen molar-refractivity contribution < 1.29 is 18.7 Å². The lowest BCUT2D eigenvalue weighted by Gasteiger charge is -2.23. The van der Waals surface area contributed by atoms with E-state index < -0.39 is 23.8 Å². The Morgan fingerprint density at radius 1 is 1.30 bits per heavy atom.